The van der Waals surface area contributed by atoms with Gasteiger partial charge in [-0.05, 0) is 0 Å². The van der Waals surface area contributed by atoms with Gasteiger partial charge in [0.2, 0.25) is 5.91 Å². The molecule has 13 heavy (non-hydrogen) atoms. The molecule has 0 saturated heterocycles. The highest BCUT2D eigenvalue weighted by Gasteiger charge is 2.42. The molecule has 1 atom stereocenters. The van der Waals surface area contributed by atoms with E-state index < -0.39 is 10.6 Å². The minimum absolute atomic E-state index is 0.260. The quantitative estimate of drug-likeness (QED) is 0.488. The van der Waals surface area contributed by atoms with Gasteiger partial charge in [0, 0.05) is 13.8 Å². The number of amides is 1. The number of nitrogens with one attached hydrogen (secondary N) is 1. The predicted octanol–water partition coefficient (Wildman–Crippen LogP) is 0.218. The molecular formula is C6H9N3O3S. The fraction of sp³-hybridized carbons (Fsp3) is 0.667. The Balaban J connectivity index is 2.73. The van der Waals surface area contributed by atoms with Crippen molar-refractivity contribution in [3.8, 4) is 0 Å². The van der Waals surface area contributed by atoms with E-state index in [0.717, 1.165) is 0 Å². The molecule has 0 aromatic carbocycles. The van der Waals surface area contributed by atoms with Crippen molar-refractivity contribution in [2.45, 2.75) is 19.5 Å². The van der Waals surface area contributed by atoms with Crippen molar-refractivity contribution < 1.29 is 9.72 Å². The van der Waals surface area contributed by atoms with Crippen molar-refractivity contribution in [3.05, 3.63) is 10.1 Å². The summed E-state index contributed by atoms with van der Waals surface area (Å²) in [5.41, 5.74) is -1.29. The normalized spacial score (nSPS) is 26.8. The highest BCUT2D eigenvalue weighted by atomic mass is 32.2. The van der Waals surface area contributed by atoms with Crippen molar-refractivity contribution in [1.82, 2.24) is 5.32 Å². The molecule has 1 amide bonds. The smallest absolute Gasteiger partial charge is 0.305 e. The van der Waals surface area contributed by atoms with E-state index >= 15 is 0 Å². The zero-order chi connectivity index (χ0) is 10.1. The van der Waals surface area contributed by atoms with Crippen molar-refractivity contribution in [2.75, 3.05) is 5.75 Å². The molecular weight excluding hydrogens is 194 g/mol. The third-order valence-electron chi connectivity index (χ3n) is 1.50. The molecule has 0 fully saturated rings. The van der Waals surface area contributed by atoms with Crippen molar-refractivity contribution in [2.24, 2.45) is 4.99 Å². The lowest BCUT2D eigenvalue weighted by Gasteiger charge is -2.07. The number of carbonyl (C=O) groups excluding carboxylic acids is 1. The van der Waals surface area contributed by atoms with Gasteiger partial charge in [0.05, 0.1) is 10.7 Å². The van der Waals surface area contributed by atoms with Crippen LogP contribution in [0.25, 0.3) is 0 Å². The molecule has 1 rings (SSSR count). The molecule has 0 spiro atoms. The van der Waals surface area contributed by atoms with Crippen molar-refractivity contribution >= 4 is 22.8 Å². The van der Waals surface area contributed by atoms with E-state index in [9.17, 15) is 14.9 Å². The second kappa shape index (κ2) is 3.33. The van der Waals surface area contributed by atoms with Crippen LogP contribution in [0.15, 0.2) is 4.99 Å². The molecule has 1 aliphatic rings. The lowest BCUT2D eigenvalue weighted by molar-refractivity contribution is -0.555. The Bertz CT molecular complexity index is 291. The second-order valence-corrected chi connectivity index (χ2v) is 3.82. The van der Waals surface area contributed by atoms with Gasteiger partial charge in [-0.25, -0.2) is 0 Å². The molecule has 6 nitrogen and oxygen atoms in total. The summed E-state index contributed by atoms with van der Waals surface area (Å²) in [6.07, 6.45) is 0. The van der Waals surface area contributed by atoms with Gasteiger partial charge in [-0.15, -0.1) is 0 Å². The summed E-state index contributed by atoms with van der Waals surface area (Å²) in [4.78, 5) is 24.5. The number of nitro groups is 1. The number of carbonyl (C=O) groups is 1. The van der Waals surface area contributed by atoms with E-state index in [2.05, 4.69) is 10.3 Å². The van der Waals surface area contributed by atoms with Gasteiger partial charge in [-0.2, -0.15) is 4.99 Å². The molecule has 72 valence electrons. The maximum Gasteiger partial charge on any atom is 0.321 e. The zero-order valence-electron chi connectivity index (χ0n) is 7.23. The standard InChI is InChI=1S/C6H9N3O3S/c1-4(10)7-5-8-6(2,3-13-5)9(11)12/h3H2,1-2H3,(H,7,8,10)/t6-/m0/s1. The molecule has 0 aromatic heterocycles. The van der Waals surface area contributed by atoms with Gasteiger partial charge >= 0.3 is 5.66 Å². The maximum atomic E-state index is 10.6. The summed E-state index contributed by atoms with van der Waals surface area (Å²) in [6, 6.07) is 0. The lowest BCUT2D eigenvalue weighted by atomic mass is 10.3. The minimum atomic E-state index is -1.29. The number of hydrogen-bond acceptors (Lipinski definition) is 5. The van der Waals surface area contributed by atoms with Gasteiger partial charge in [0.1, 0.15) is 0 Å². The van der Waals surface area contributed by atoms with Crippen LogP contribution in [0.4, 0.5) is 0 Å². The number of nitrogens with zero attached hydrogens (tertiary/aromatic N) is 2. The Kier molecular flexibility index (Phi) is 2.55. The van der Waals surface area contributed by atoms with Crippen LogP contribution in [0.2, 0.25) is 0 Å². The molecule has 0 bridgehead atoms. The van der Waals surface area contributed by atoms with Crippen LogP contribution >= 0.6 is 11.8 Å². The maximum absolute atomic E-state index is 10.6. The SMILES string of the molecule is CC(=O)NC1=N[C@@](C)([N+](=O)[O-])CS1. The van der Waals surface area contributed by atoms with E-state index in [1.807, 2.05) is 0 Å². The largest absolute Gasteiger partial charge is 0.321 e. The van der Waals surface area contributed by atoms with Gasteiger partial charge < -0.3 is 5.32 Å². The predicted molar refractivity (Wildman–Crippen MR) is 49.1 cm³/mol. The number of thioether (sulfide) groups is 1. The second-order valence-electron chi connectivity index (χ2n) is 2.86. The van der Waals surface area contributed by atoms with E-state index in [1.165, 1.54) is 25.6 Å². The average molecular weight is 203 g/mol. The molecule has 0 aliphatic carbocycles. The van der Waals surface area contributed by atoms with Crippen LogP contribution in [-0.4, -0.2) is 27.4 Å². The van der Waals surface area contributed by atoms with Gasteiger partial charge in [-0.1, -0.05) is 11.8 Å². The Morgan fingerprint density at radius 2 is 2.46 bits per heavy atom. The minimum Gasteiger partial charge on any atom is -0.305 e. The monoisotopic (exact) mass is 203 g/mol. The molecule has 1 N–H and O–H groups in total. The Labute approximate surface area is 78.9 Å². The third-order valence-corrected chi connectivity index (χ3v) is 2.66. The fourth-order valence-corrected chi connectivity index (χ4v) is 1.85. The highest BCUT2D eigenvalue weighted by molar-refractivity contribution is 8.14. The molecule has 1 heterocycles. The first-order valence-electron chi connectivity index (χ1n) is 3.59. The first-order valence-corrected chi connectivity index (χ1v) is 4.57. The Morgan fingerprint density at radius 3 is 2.85 bits per heavy atom. The molecule has 7 heteroatoms. The van der Waals surface area contributed by atoms with Crippen LogP contribution < -0.4 is 5.32 Å². The zero-order valence-corrected chi connectivity index (χ0v) is 8.05. The number of aliphatic imine (C=N–C) groups is 1. The van der Waals surface area contributed by atoms with E-state index in [1.54, 1.807) is 0 Å². The Morgan fingerprint density at radius 1 is 1.85 bits per heavy atom. The third kappa shape index (κ3) is 2.18. The first-order chi connectivity index (χ1) is 5.94. The topological polar surface area (TPSA) is 84.6 Å². The summed E-state index contributed by atoms with van der Waals surface area (Å²) in [5.74, 6) is -0.00542. The van der Waals surface area contributed by atoms with E-state index in [0.29, 0.717) is 5.17 Å². The molecule has 0 saturated carbocycles. The van der Waals surface area contributed by atoms with Crippen LogP contribution in [-0.2, 0) is 4.79 Å². The lowest BCUT2D eigenvalue weighted by Crippen LogP contribution is -2.33. The van der Waals surface area contributed by atoms with E-state index in [4.69, 9.17) is 0 Å². The van der Waals surface area contributed by atoms with Crippen molar-refractivity contribution in [3.63, 3.8) is 0 Å². The number of hydrogen-bond donors (Lipinski definition) is 1. The van der Waals surface area contributed by atoms with Crippen LogP contribution in [0.5, 0.6) is 0 Å². The first kappa shape index (κ1) is 9.97. The van der Waals surface area contributed by atoms with E-state index in [-0.39, 0.29) is 11.7 Å². The average Bonchev–Trinajstić information content (AvgIpc) is 2.32. The van der Waals surface area contributed by atoms with Crippen LogP contribution in [0, 0.1) is 10.1 Å². The molecule has 0 aromatic rings. The molecule has 1 aliphatic heterocycles. The van der Waals surface area contributed by atoms with Gasteiger partial charge in [0.15, 0.2) is 5.17 Å². The van der Waals surface area contributed by atoms with Crippen LogP contribution in [0.3, 0.4) is 0 Å². The fourth-order valence-electron chi connectivity index (χ4n) is 0.797. The number of rotatable bonds is 1. The summed E-state index contributed by atoms with van der Waals surface area (Å²) < 4.78 is 0. The summed E-state index contributed by atoms with van der Waals surface area (Å²) in [7, 11) is 0. The highest BCUT2D eigenvalue weighted by Crippen LogP contribution is 2.26. The van der Waals surface area contributed by atoms with Crippen LogP contribution in [0.1, 0.15) is 13.8 Å². The molecule has 0 unspecified atom stereocenters. The summed E-state index contributed by atoms with van der Waals surface area (Å²) in [5, 5.41) is 13.3. The summed E-state index contributed by atoms with van der Waals surface area (Å²) >= 11 is 1.18. The van der Waals surface area contributed by atoms with Gasteiger partial charge in [-0.3, -0.25) is 14.9 Å². The van der Waals surface area contributed by atoms with Gasteiger partial charge in [0.25, 0.3) is 0 Å². The summed E-state index contributed by atoms with van der Waals surface area (Å²) in [6.45, 7) is 2.76. The number of amidine groups is 1. The molecule has 0 radical (unpaired) electrons. The Hall–Kier alpha value is -1.11. The van der Waals surface area contributed by atoms with Crippen molar-refractivity contribution in [1.29, 1.82) is 0 Å².